The number of fused-ring (bicyclic) bond motifs is 1. The van der Waals surface area contributed by atoms with E-state index in [2.05, 4.69) is 30.7 Å². The van der Waals surface area contributed by atoms with Crippen LogP contribution in [0.15, 0.2) is 36.4 Å². The number of rotatable bonds is 6. The zero-order chi connectivity index (χ0) is 22.8. The number of methoxy groups -OCH3 is 2. The van der Waals surface area contributed by atoms with Crippen LogP contribution in [0.5, 0.6) is 11.5 Å². The summed E-state index contributed by atoms with van der Waals surface area (Å²) in [6.45, 7) is 9.98. The van der Waals surface area contributed by atoms with Gasteiger partial charge in [0.15, 0.2) is 11.5 Å². The highest BCUT2D eigenvalue weighted by Crippen LogP contribution is 2.36. The van der Waals surface area contributed by atoms with E-state index in [-0.39, 0.29) is 5.91 Å². The molecule has 1 fully saturated rings. The zero-order valence-corrected chi connectivity index (χ0v) is 19.7. The Labute approximate surface area is 190 Å². The smallest absolute Gasteiger partial charge is 0.253 e. The Hall–Kier alpha value is -2.99. The van der Waals surface area contributed by atoms with E-state index in [1.165, 1.54) is 5.56 Å². The topological polar surface area (TPSA) is 57.8 Å². The maximum absolute atomic E-state index is 13.2. The van der Waals surface area contributed by atoms with Crippen molar-refractivity contribution in [3.63, 3.8) is 0 Å². The van der Waals surface area contributed by atoms with Crippen molar-refractivity contribution in [3.8, 4) is 22.8 Å². The molecule has 0 radical (unpaired) electrons. The largest absolute Gasteiger partial charge is 0.493 e. The molecule has 32 heavy (non-hydrogen) atoms. The molecule has 2 heterocycles. The number of piperazine rings is 1. The van der Waals surface area contributed by atoms with Crippen LogP contribution >= 0.6 is 0 Å². The lowest BCUT2D eigenvalue weighted by Gasteiger charge is -2.37. The average molecular weight is 436 g/mol. The number of aromatic nitrogens is 1. The molecule has 0 unspecified atom stereocenters. The lowest BCUT2D eigenvalue weighted by atomic mass is 10.0. The molecule has 0 saturated carbocycles. The minimum Gasteiger partial charge on any atom is -0.493 e. The van der Waals surface area contributed by atoms with Gasteiger partial charge in [0.25, 0.3) is 5.91 Å². The molecular weight excluding hydrogens is 402 g/mol. The van der Waals surface area contributed by atoms with Gasteiger partial charge in [-0.15, -0.1) is 0 Å². The van der Waals surface area contributed by atoms with Crippen molar-refractivity contribution < 1.29 is 14.3 Å². The van der Waals surface area contributed by atoms with Crippen LogP contribution in [0.3, 0.4) is 0 Å². The number of aryl methyl sites for hydroxylation is 1. The van der Waals surface area contributed by atoms with Gasteiger partial charge in [0.2, 0.25) is 0 Å². The highest BCUT2D eigenvalue weighted by Gasteiger charge is 2.24. The van der Waals surface area contributed by atoms with Gasteiger partial charge >= 0.3 is 0 Å². The Bertz CT molecular complexity index is 1110. The summed E-state index contributed by atoms with van der Waals surface area (Å²) < 4.78 is 10.9. The van der Waals surface area contributed by atoms with Crippen LogP contribution in [0.1, 0.15) is 36.7 Å². The maximum atomic E-state index is 13.2. The molecule has 4 rings (SSSR count). The third kappa shape index (κ3) is 4.07. The van der Waals surface area contributed by atoms with E-state index in [9.17, 15) is 4.79 Å². The van der Waals surface area contributed by atoms with E-state index in [0.29, 0.717) is 17.5 Å². The van der Waals surface area contributed by atoms with Gasteiger partial charge in [-0.05, 0) is 62.2 Å². The van der Waals surface area contributed by atoms with Crippen molar-refractivity contribution in [2.45, 2.75) is 33.2 Å². The van der Waals surface area contributed by atoms with Crippen molar-refractivity contribution in [3.05, 3.63) is 47.5 Å². The van der Waals surface area contributed by atoms with Gasteiger partial charge in [-0.3, -0.25) is 9.69 Å². The number of carbonyl (C=O) groups is 1. The second-order valence-corrected chi connectivity index (χ2v) is 8.58. The normalized spacial score (nSPS) is 14.9. The second-order valence-electron chi connectivity index (χ2n) is 8.58. The predicted molar refractivity (Wildman–Crippen MR) is 129 cm³/mol. The van der Waals surface area contributed by atoms with Crippen LogP contribution in [0.4, 0.5) is 0 Å². The van der Waals surface area contributed by atoms with Crippen LogP contribution in [-0.2, 0) is 6.42 Å². The molecule has 6 heteroatoms. The second kappa shape index (κ2) is 9.25. The summed E-state index contributed by atoms with van der Waals surface area (Å²) in [7, 11) is 3.28. The lowest BCUT2D eigenvalue weighted by molar-refractivity contribution is 0.0595. The molecule has 6 nitrogen and oxygen atoms in total. The van der Waals surface area contributed by atoms with E-state index < -0.39 is 0 Å². The first-order valence-electron chi connectivity index (χ1n) is 11.4. The van der Waals surface area contributed by atoms with Gasteiger partial charge in [0.05, 0.1) is 14.2 Å². The highest BCUT2D eigenvalue weighted by molar-refractivity contribution is 6.00. The van der Waals surface area contributed by atoms with E-state index in [0.717, 1.165) is 60.3 Å². The first-order valence-corrected chi connectivity index (χ1v) is 11.4. The minimum absolute atomic E-state index is 0.117. The Kier molecular flexibility index (Phi) is 6.42. The molecule has 0 bridgehead atoms. The monoisotopic (exact) mass is 435 g/mol. The number of hydrogen-bond donors (Lipinski definition) is 1. The van der Waals surface area contributed by atoms with E-state index >= 15 is 0 Å². The quantitative estimate of drug-likeness (QED) is 0.616. The van der Waals surface area contributed by atoms with Gasteiger partial charge in [0.1, 0.15) is 0 Å². The van der Waals surface area contributed by atoms with Crippen LogP contribution in [0.2, 0.25) is 0 Å². The van der Waals surface area contributed by atoms with Gasteiger partial charge in [-0.2, -0.15) is 0 Å². The third-order valence-corrected chi connectivity index (χ3v) is 6.51. The molecule has 0 aliphatic carbocycles. The Morgan fingerprint density at radius 1 is 1.00 bits per heavy atom. The van der Waals surface area contributed by atoms with Gasteiger partial charge in [-0.25, -0.2) is 0 Å². The van der Waals surface area contributed by atoms with Crippen LogP contribution in [0.25, 0.3) is 22.2 Å². The standard InChI is InChI=1S/C26H33N3O3/c1-6-20-21-15-19(26(30)29-13-11-28(12-14-29)17(2)3)7-9-22(21)27-25(20)18-8-10-23(31-4)24(16-18)32-5/h7-10,15-17,27H,6,11-14H2,1-5H3. The molecule has 1 aromatic heterocycles. The van der Waals surface area contributed by atoms with Gasteiger partial charge < -0.3 is 19.4 Å². The predicted octanol–water partition coefficient (Wildman–Crippen LogP) is 4.58. The first kappa shape index (κ1) is 22.2. The fourth-order valence-corrected chi connectivity index (χ4v) is 4.61. The summed E-state index contributed by atoms with van der Waals surface area (Å²) in [4.78, 5) is 21.2. The maximum Gasteiger partial charge on any atom is 0.253 e. The Morgan fingerprint density at radius 2 is 1.72 bits per heavy atom. The van der Waals surface area contributed by atoms with Crippen LogP contribution in [-0.4, -0.2) is 67.1 Å². The number of aromatic amines is 1. The SMILES string of the molecule is CCc1c(-c2ccc(OC)c(OC)c2)[nH]c2ccc(C(=O)N3CCN(C(C)C)CC3)cc12. The number of amides is 1. The molecule has 1 amide bonds. The van der Waals surface area contributed by atoms with Crippen molar-refractivity contribution in [2.24, 2.45) is 0 Å². The van der Waals surface area contributed by atoms with E-state index in [4.69, 9.17) is 9.47 Å². The molecule has 170 valence electrons. The number of nitrogens with zero attached hydrogens (tertiary/aromatic N) is 2. The first-order chi connectivity index (χ1) is 15.5. The number of carbonyl (C=O) groups excluding carboxylic acids is 1. The van der Waals surface area contributed by atoms with Crippen molar-refractivity contribution in [2.75, 3.05) is 40.4 Å². The molecule has 0 spiro atoms. The van der Waals surface area contributed by atoms with Crippen molar-refractivity contribution >= 4 is 16.8 Å². The summed E-state index contributed by atoms with van der Waals surface area (Å²) >= 11 is 0. The van der Waals surface area contributed by atoms with E-state index in [1.54, 1.807) is 14.2 Å². The molecular formula is C26H33N3O3. The minimum atomic E-state index is 0.117. The molecule has 2 aromatic carbocycles. The third-order valence-electron chi connectivity index (χ3n) is 6.51. The van der Waals surface area contributed by atoms with E-state index in [1.807, 2.05) is 41.3 Å². The summed E-state index contributed by atoms with van der Waals surface area (Å²) in [6.07, 6.45) is 0.856. The summed E-state index contributed by atoms with van der Waals surface area (Å²) in [5, 5.41) is 1.10. The molecule has 1 aliphatic rings. The molecule has 0 atom stereocenters. The van der Waals surface area contributed by atoms with Crippen molar-refractivity contribution in [1.82, 2.24) is 14.8 Å². The number of H-pyrrole nitrogens is 1. The highest BCUT2D eigenvalue weighted by atomic mass is 16.5. The number of benzene rings is 2. The van der Waals surface area contributed by atoms with Gasteiger partial charge in [-0.1, -0.05) is 6.92 Å². The fraction of sp³-hybridized carbons (Fsp3) is 0.423. The summed E-state index contributed by atoms with van der Waals surface area (Å²) in [5.74, 6) is 1.52. The average Bonchev–Trinajstić information content (AvgIpc) is 3.20. The van der Waals surface area contributed by atoms with Crippen LogP contribution < -0.4 is 9.47 Å². The Balaban J connectivity index is 1.66. The van der Waals surface area contributed by atoms with Crippen molar-refractivity contribution in [1.29, 1.82) is 0 Å². The zero-order valence-electron chi connectivity index (χ0n) is 19.7. The van der Waals surface area contributed by atoms with Crippen LogP contribution in [0, 0.1) is 0 Å². The molecule has 1 aliphatic heterocycles. The summed E-state index contributed by atoms with van der Waals surface area (Å²) in [6, 6.07) is 12.5. The lowest BCUT2D eigenvalue weighted by Crippen LogP contribution is -2.50. The Morgan fingerprint density at radius 3 is 2.34 bits per heavy atom. The molecule has 1 N–H and O–H groups in total. The fourth-order valence-electron chi connectivity index (χ4n) is 4.61. The number of ether oxygens (including phenoxy) is 2. The molecule has 1 saturated heterocycles. The summed E-state index contributed by atoms with van der Waals surface area (Å²) in [5.41, 5.74) is 5.08. The molecule has 3 aromatic rings. The van der Waals surface area contributed by atoms with Gasteiger partial charge in [0, 0.05) is 59.9 Å². The number of nitrogens with one attached hydrogen (secondary N) is 1. The number of hydrogen-bond acceptors (Lipinski definition) is 4.